The van der Waals surface area contributed by atoms with Crippen LogP contribution < -0.4 is 10.1 Å². The van der Waals surface area contributed by atoms with Gasteiger partial charge in [-0.2, -0.15) is 5.10 Å². The van der Waals surface area contributed by atoms with Crippen LogP contribution in [0.15, 0.2) is 73.1 Å². The monoisotopic (exact) mass is 400 g/mol. The Kier molecular flexibility index (Phi) is 5.48. The molecule has 6 heteroatoms. The number of hydrogen-bond donors (Lipinski definition) is 1. The lowest BCUT2D eigenvalue weighted by molar-refractivity contribution is -0.122. The summed E-state index contributed by atoms with van der Waals surface area (Å²) in [4.78, 5) is 17.0. The molecule has 6 nitrogen and oxygen atoms in total. The highest BCUT2D eigenvalue weighted by atomic mass is 16.5. The summed E-state index contributed by atoms with van der Waals surface area (Å²) >= 11 is 0. The predicted octanol–water partition coefficient (Wildman–Crippen LogP) is 5.09. The molecule has 0 spiro atoms. The molecule has 0 radical (unpaired) electrons. The van der Waals surface area contributed by atoms with E-state index >= 15 is 0 Å². The highest BCUT2D eigenvalue weighted by Crippen LogP contribution is 2.23. The second kappa shape index (κ2) is 8.37. The van der Waals surface area contributed by atoms with Crippen molar-refractivity contribution in [3.05, 3.63) is 73.1 Å². The molecular formula is C24H24N4O2. The number of ether oxygens (including phenoxy) is 1. The van der Waals surface area contributed by atoms with E-state index in [-0.39, 0.29) is 11.9 Å². The highest BCUT2D eigenvalue weighted by molar-refractivity contribution is 5.95. The lowest BCUT2D eigenvalue weighted by atomic mass is 10.1. The third-order valence-electron chi connectivity index (χ3n) is 4.83. The van der Waals surface area contributed by atoms with Gasteiger partial charge in [-0.05, 0) is 50.1 Å². The average Bonchev–Trinajstić information content (AvgIpc) is 3.18. The number of aromatic nitrogens is 3. The number of carbonyl (C=O) groups is 1. The molecule has 1 unspecified atom stereocenters. The number of benzene rings is 2. The average molecular weight is 400 g/mol. The van der Waals surface area contributed by atoms with Crippen LogP contribution in [-0.4, -0.2) is 26.8 Å². The Morgan fingerprint density at radius 1 is 0.967 bits per heavy atom. The van der Waals surface area contributed by atoms with Crippen molar-refractivity contribution in [1.29, 1.82) is 0 Å². The number of rotatable bonds is 6. The third kappa shape index (κ3) is 4.17. The second-order valence-corrected chi connectivity index (χ2v) is 7.46. The number of carbonyl (C=O) groups excluding carboxylic acids is 1. The molecule has 0 aliphatic heterocycles. The van der Waals surface area contributed by atoms with Gasteiger partial charge in [0, 0.05) is 11.4 Å². The molecule has 4 aromatic rings. The molecule has 0 bridgehead atoms. The van der Waals surface area contributed by atoms with Crippen LogP contribution >= 0.6 is 0 Å². The van der Waals surface area contributed by atoms with Crippen molar-refractivity contribution in [2.75, 3.05) is 5.32 Å². The summed E-state index contributed by atoms with van der Waals surface area (Å²) < 4.78 is 7.67. The van der Waals surface area contributed by atoms with Gasteiger partial charge < -0.3 is 10.1 Å². The topological polar surface area (TPSA) is 69.0 Å². The molecule has 1 N–H and O–H groups in total. The first kappa shape index (κ1) is 19.6. The molecule has 152 valence electrons. The Bertz CT molecular complexity index is 1150. The predicted molar refractivity (Wildman–Crippen MR) is 119 cm³/mol. The molecule has 0 saturated heterocycles. The zero-order valence-electron chi connectivity index (χ0n) is 17.2. The van der Waals surface area contributed by atoms with Crippen LogP contribution in [0.1, 0.15) is 26.8 Å². The SMILES string of the molecule is CC(Oc1ccc(-c2ccccc2)cc1)C(=O)Nc1cnc2c(cnn2C(C)C)c1. The largest absolute Gasteiger partial charge is 0.481 e. The Hall–Kier alpha value is -3.67. The van der Waals surface area contributed by atoms with E-state index in [1.165, 1.54) is 0 Å². The molecule has 1 atom stereocenters. The maximum Gasteiger partial charge on any atom is 0.265 e. The van der Waals surface area contributed by atoms with Gasteiger partial charge in [0.25, 0.3) is 5.91 Å². The standard InChI is InChI=1S/C24H24N4O2/c1-16(2)28-23-20(14-26-28)13-21(15-25-23)27-24(29)17(3)30-22-11-9-19(10-12-22)18-7-5-4-6-8-18/h4-17H,1-3H3,(H,27,29). The van der Waals surface area contributed by atoms with Gasteiger partial charge in [-0.3, -0.25) is 4.79 Å². The lowest BCUT2D eigenvalue weighted by Gasteiger charge is -2.15. The van der Waals surface area contributed by atoms with Gasteiger partial charge in [-0.1, -0.05) is 42.5 Å². The van der Waals surface area contributed by atoms with Crippen LogP contribution in [0.25, 0.3) is 22.2 Å². The maximum atomic E-state index is 12.6. The molecule has 0 aliphatic carbocycles. The molecular weight excluding hydrogens is 376 g/mol. The Morgan fingerprint density at radius 2 is 1.67 bits per heavy atom. The summed E-state index contributed by atoms with van der Waals surface area (Å²) in [7, 11) is 0. The number of hydrogen-bond acceptors (Lipinski definition) is 4. The number of pyridine rings is 1. The van der Waals surface area contributed by atoms with Gasteiger partial charge in [0.2, 0.25) is 0 Å². The number of nitrogens with zero attached hydrogens (tertiary/aromatic N) is 3. The van der Waals surface area contributed by atoms with Gasteiger partial charge in [-0.25, -0.2) is 9.67 Å². The van der Waals surface area contributed by atoms with Crippen molar-refractivity contribution < 1.29 is 9.53 Å². The van der Waals surface area contributed by atoms with E-state index in [1.54, 1.807) is 19.3 Å². The van der Waals surface area contributed by atoms with Crippen LogP contribution in [0, 0.1) is 0 Å². The fraction of sp³-hybridized carbons (Fsp3) is 0.208. The van der Waals surface area contributed by atoms with Gasteiger partial charge in [-0.15, -0.1) is 0 Å². The van der Waals surface area contributed by atoms with Crippen molar-refractivity contribution in [3.63, 3.8) is 0 Å². The maximum absolute atomic E-state index is 12.6. The quantitative estimate of drug-likeness (QED) is 0.490. The van der Waals surface area contributed by atoms with Crippen LogP contribution in [0.5, 0.6) is 5.75 Å². The second-order valence-electron chi connectivity index (χ2n) is 7.46. The highest BCUT2D eigenvalue weighted by Gasteiger charge is 2.16. The summed E-state index contributed by atoms with van der Waals surface area (Å²) in [6.45, 7) is 5.83. The van der Waals surface area contributed by atoms with Crippen molar-refractivity contribution in [3.8, 4) is 16.9 Å². The number of nitrogens with one attached hydrogen (secondary N) is 1. The number of anilines is 1. The van der Waals surface area contributed by atoms with Crippen molar-refractivity contribution >= 4 is 22.6 Å². The van der Waals surface area contributed by atoms with Crippen molar-refractivity contribution in [2.24, 2.45) is 0 Å². The van der Waals surface area contributed by atoms with E-state index < -0.39 is 6.10 Å². The molecule has 4 rings (SSSR count). The van der Waals surface area contributed by atoms with E-state index in [9.17, 15) is 4.79 Å². The molecule has 2 aromatic heterocycles. The Labute approximate surface area is 175 Å². The van der Waals surface area contributed by atoms with Crippen LogP contribution in [0.2, 0.25) is 0 Å². The van der Waals surface area contributed by atoms with Crippen LogP contribution in [0.3, 0.4) is 0 Å². The van der Waals surface area contributed by atoms with E-state index in [4.69, 9.17) is 4.74 Å². The first-order valence-electron chi connectivity index (χ1n) is 9.97. The Morgan fingerprint density at radius 3 is 2.37 bits per heavy atom. The van der Waals surface area contributed by atoms with Gasteiger partial charge >= 0.3 is 0 Å². The molecule has 0 aliphatic rings. The van der Waals surface area contributed by atoms with E-state index in [0.29, 0.717) is 11.4 Å². The van der Waals surface area contributed by atoms with Crippen LogP contribution in [0.4, 0.5) is 5.69 Å². The third-order valence-corrected chi connectivity index (χ3v) is 4.83. The smallest absolute Gasteiger partial charge is 0.265 e. The van der Waals surface area contributed by atoms with Crippen molar-refractivity contribution in [2.45, 2.75) is 32.9 Å². The molecule has 0 fully saturated rings. The Balaban J connectivity index is 1.41. The summed E-state index contributed by atoms with van der Waals surface area (Å²) in [6, 6.07) is 19.9. The normalized spacial score (nSPS) is 12.1. The summed E-state index contributed by atoms with van der Waals surface area (Å²) in [5.74, 6) is 0.406. The fourth-order valence-corrected chi connectivity index (χ4v) is 3.24. The van der Waals surface area contributed by atoms with Crippen molar-refractivity contribution in [1.82, 2.24) is 14.8 Å². The van der Waals surface area contributed by atoms with Gasteiger partial charge in [0.05, 0.1) is 18.1 Å². The van der Waals surface area contributed by atoms with E-state index in [0.717, 1.165) is 22.2 Å². The number of amides is 1. The van der Waals surface area contributed by atoms with Crippen LogP contribution in [-0.2, 0) is 4.79 Å². The molecule has 1 amide bonds. The summed E-state index contributed by atoms with van der Waals surface area (Å²) in [5, 5.41) is 8.10. The minimum Gasteiger partial charge on any atom is -0.481 e. The van der Waals surface area contributed by atoms with E-state index in [2.05, 4.69) is 41.4 Å². The zero-order chi connectivity index (χ0) is 21.1. The zero-order valence-corrected chi connectivity index (χ0v) is 17.2. The van der Waals surface area contributed by atoms with Gasteiger partial charge in [0.15, 0.2) is 11.8 Å². The minimum absolute atomic E-state index is 0.220. The molecule has 2 aromatic carbocycles. The first-order chi connectivity index (χ1) is 14.5. The minimum atomic E-state index is -0.651. The molecule has 30 heavy (non-hydrogen) atoms. The molecule has 2 heterocycles. The first-order valence-corrected chi connectivity index (χ1v) is 9.97. The summed E-state index contributed by atoms with van der Waals surface area (Å²) in [5.41, 5.74) is 3.65. The number of fused-ring (bicyclic) bond motifs is 1. The lowest BCUT2D eigenvalue weighted by Crippen LogP contribution is -2.30. The molecule has 0 saturated carbocycles. The van der Waals surface area contributed by atoms with Gasteiger partial charge in [0.1, 0.15) is 5.75 Å². The summed E-state index contributed by atoms with van der Waals surface area (Å²) in [6.07, 6.45) is 2.75. The fourth-order valence-electron chi connectivity index (χ4n) is 3.24. The van der Waals surface area contributed by atoms with E-state index in [1.807, 2.05) is 53.2 Å².